The summed E-state index contributed by atoms with van der Waals surface area (Å²) in [7, 11) is 3.27. The van der Waals surface area contributed by atoms with E-state index < -0.39 is 5.60 Å². The SMILES string of the molecule is COc1ccc([C@H]2[C@@H]3CCCC[C@@]3(O)CCN2C(=O)C=Cc2ccc(C(C)C)cc2)c(OC)c1. The van der Waals surface area contributed by atoms with Crippen LogP contribution in [0.1, 0.15) is 74.6 Å². The average molecular weight is 464 g/mol. The monoisotopic (exact) mass is 463 g/mol. The molecule has 2 fully saturated rings. The molecule has 34 heavy (non-hydrogen) atoms. The van der Waals surface area contributed by atoms with Gasteiger partial charge in [0.25, 0.3) is 0 Å². The second-order valence-corrected chi connectivity index (χ2v) is 9.94. The maximum absolute atomic E-state index is 13.5. The molecule has 5 heteroatoms. The molecule has 0 spiro atoms. The molecular weight excluding hydrogens is 426 g/mol. The Kier molecular flexibility index (Phi) is 7.32. The third kappa shape index (κ3) is 4.85. The Balaban J connectivity index is 1.66. The van der Waals surface area contributed by atoms with E-state index in [4.69, 9.17) is 9.47 Å². The summed E-state index contributed by atoms with van der Waals surface area (Å²) >= 11 is 0. The number of nitrogens with zero attached hydrogens (tertiary/aromatic N) is 1. The third-order valence-corrected chi connectivity index (χ3v) is 7.63. The van der Waals surface area contributed by atoms with Crippen LogP contribution in [0.4, 0.5) is 0 Å². The number of hydrogen-bond donors (Lipinski definition) is 1. The molecule has 1 saturated heterocycles. The fourth-order valence-electron chi connectivity index (χ4n) is 5.63. The number of carbonyl (C=O) groups is 1. The van der Waals surface area contributed by atoms with Crippen LogP contribution in [0.25, 0.3) is 6.08 Å². The van der Waals surface area contributed by atoms with Crippen LogP contribution in [-0.2, 0) is 4.79 Å². The van der Waals surface area contributed by atoms with Gasteiger partial charge in [-0.3, -0.25) is 4.79 Å². The average Bonchev–Trinajstić information content (AvgIpc) is 2.86. The zero-order chi connectivity index (χ0) is 24.3. The van der Waals surface area contributed by atoms with Gasteiger partial charge in [0.1, 0.15) is 11.5 Å². The number of carbonyl (C=O) groups excluding carboxylic acids is 1. The number of methoxy groups -OCH3 is 2. The lowest BCUT2D eigenvalue weighted by atomic mass is 9.66. The molecule has 1 aliphatic carbocycles. The van der Waals surface area contributed by atoms with Gasteiger partial charge in [-0.25, -0.2) is 0 Å². The quantitative estimate of drug-likeness (QED) is 0.556. The molecule has 0 aromatic heterocycles. The Labute approximate surface area is 203 Å². The number of fused-ring (bicyclic) bond motifs is 1. The molecule has 0 radical (unpaired) electrons. The van der Waals surface area contributed by atoms with Gasteiger partial charge in [0.15, 0.2) is 0 Å². The summed E-state index contributed by atoms with van der Waals surface area (Å²) in [5.41, 5.74) is 2.46. The summed E-state index contributed by atoms with van der Waals surface area (Å²) in [5, 5.41) is 11.5. The highest BCUT2D eigenvalue weighted by atomic mass is 16.5. The fourth-order valence-corrected chi connectivity index (χ4v) is 5.63. The van der Waals surface area contributed by atoms with E-state index in [2.05, 4.69) is 38.1 Å². The van der Waals surface area contributed by atoms with E-state index >= 15 is 0 Å². The summed E-state index contributed by atoms with van der Waals surface area (Å²) in [4.78, 5) is 15.4. The molecule has 1 heterocycles. The van der Waals surface area contributed by atoms with Crippen LogP contribution in [0.3, 0.4) is 0 Å². The van der Waals surface area contributed by atoms with Crippen molar-refractivity contribution in [3.63, 3.8) is 0 Å². The zero-order valence-corrected chi connectivity index (χ0v) is 20.8. The molecule has 1 N–H and O–H groups in total. The van der Waals surface area contributed by atoms with E-state index in [1.807, 2.05) is 29.2 Å². The molecule has 2 aliphatic rings. The minimum Gasteiger partial charge on any atom is -0.497 e. The highest BCUT2D eigenvalue weighted by molar-refractivity contribution is 5.92. The first kappa shape index (κ1) is 24.3. The van der Waals surface area contributed by atoms with Crippen LogP contribution < -0.4 is 9.47 Å². The van der Waals surface area contributed by atoms with E-state index in [0.29, 0.717) is 30.4 Å². The molecule has 5 nitrogen and oxygen atoms in total. The molecule has 1 saturated carbocycles. The van der Waals surface area contributed by atoms with Gasteiger partial charge in [-0.1, -0.05) is 51.0 Å². The standard InChI is InChI=1S/C29H37NO4/c1-20(2)22-11-8-21(9-12-22)10-15-27(31)30-18-17-29(32)16-6-5-7-25(29)28(30)24-14-13-23(33-3)19-26(24)34-4/h8-15,19-20,25,28,32H,5-7,16-18H2,1-4H3/t25-,28-,29+/m0/s1. The van der Waals surface area contributed by atoms with Gasteiger partial charge in [-0.05, 0) is 54.5 Å². The van der Waals surface area contributed by atoms with Crippen molar-refractivity contribution in [2.75, 3.05) is 20.8 Å². The smallest absolute Gasteiger partial charge is 0.247 e. The normalized spacial score (nSPS) is 24.8. The fraction of sp³-hybridized carbons (Fsp3) is 0.483. The number of hydrogen-bond acceptors (Lipinski definition) is 4. The Morgan fingerprint density at radius 1 is 1.09 bits per heavy atom. The lowest BCUT2D eigenvalue weighted by molar-refractivity contribution is -0.151. The topological polar surface area (TPSA) is 59.0 Å². The van der Waals surface area contributed by atoms with E-state index in [9.17, 15) is 9.90 Å². The summed E-state index contributed by atoms with van der Waals surface area (Å²) in [6.07, 6.45) is 7.92. The molecule has 3 atom stereocenters. The van der Waals surface area contributed by atoms with Crippen molar-refractivity contribution in [2.24, 2.45) is 5.92 Å². The van der Waals surface area contributed by atoms with Crippen LogP contribution in [0.15, 0.2) is 48.5 Å². The second kappa shape index (κ2) is 10.2. The molecule has 0 bridgehead atoms. The molecule has 4 rings (SSSR count). The number of amides is 1. The number of ether oxygens (including phenoxy) is 2. The van der Waals surface area contributed by atoms with E-state index in [1.54, 1.807) is 20.3 Å². The van der Waals surface area contributed by atoms with Gasteiger partial charge in [0.05, 0.1) is 25.9 Å². The van der Waals surface area contributed by atoms with Gasteiger partial charge in [-0.15, -0.1) is 0 Å². The molecule has 0 unspecified atom stereocenters. The lowest BCUT2D eigenvalue weighted by Gasteiger charge is -2.52. The molecule has 1 aliphatic heterocycles. The number of benzene rings is 2. The zero-order valence-electron chi connectivity index (χ0n) is 20.8. The van der Waals surface area contributed by atoms with Gasteiger partial charge in [0.2, 0.25) is 5.91 Å². The summed E-state index contributed by atoms with van der Waals surface area (Å²) in [6.45, 7) is 4.86. The maximum Gasteiger partial charge on any atom is 0.247 e. The highest BCUT2D eigenvalue weighted by Crippen LogP contribution is 2.51. The summed E-state index contributed by atoms with van der Waals surface area (Å²) in [5.74, 6) is 1.80. The van der Waals surface area contributed by atoms with Crippen molar-refractivity contribution in [3.8, 4) is 11.5 Å². The predicted molar refractivity (Wildman–Crippen MR) is 135 cm³/mol. The van der Waals surface area contributed by atoms with Gasteiger partial charge >= 0.3 is 0 Å². The first-order chi connectivity index (χ1) is 16.4. The van der Waals surface area contributed by atoms with E-state index in [1.165, 1.54) is 5.56 Å². The van der Waals surface area contributed by atoms with E-state index in [-0.39, 0.29) is 17.9 Å². The number of aliphatic hydroxyl groups is 1. The lowest BCUT2D eigenvalue weighted by Crippen LogP contribution is -2.56. The molecule has 2 aromatic rings. The summed E-state index contributed by atoms with van der Waals surface area (Å²) < 4.78 is 11.1. The molecule has 2 aromatic carbocycles. The largest absolute Gasteiger partial charge is 0.497 e. The van der Waals surface area contributed by atoms with Crippen molar-refractivity contribution in [1.82, 2.24) is 4.90 Å². The minimum absolute atomic E-state index is 0.0278. The Morgan fingerprint density at radius 2 is 1.85 bits per heavy atom. The predicted octanol–water partition coefficient (Wildman–Crippen LogP) is 5.74. The minimum atomic E-state index is -0.749. The molecule has 182 valence electrons. The molecule has 1 amide bonds. The number of rotatable bonds is 6. The van der Waals surface area contributed by atoms with E-state index in [0.717, 1.165) is 36.8 Å². The second-order valence-electron chi connectivity index (χ2n) is 9.94. The maximum atomic E-state index is 13.5. The number of likely N-dealkylation sites (tertiary alicyclic amines) is 1. The Morgan fingerprint density at radius 3 is 2.53 bits per heavy atom. The van der Waals surface area contributed by atoms with Crippen molar-refractivity contribution >= 4 is 12.0 Å². The van der Waals surface area contributed by atoms with Crippen LogP contribution >= 0.6 is 0 Å². The van der Waals surface area contributed by atoms with Crippen LogP contribution in [0, 0.1) is 5.92 Å². The van der Waals surface area contributed by atoms with Crippen LogP contribution in [-0.4, -0.2) is 42.3 Å². The Bertz CT molecular complexity index is 1030. The third-order valence-electron chi connectivity index (χ3n) is 7.63. The first-order valence-corrected chi connectivity index (χ1v) is 12.4. The Hall–Kier alpha value is -2.79. The van der Waals surface area contributed by atoms with Crippen molar-refractivity contribution in [1.29, 1.82) is 0 Å². The van der Waals surface area contributed by atoms with Gasteiger partial charge < -0.3 is 19.5 Å². The van der Waals surface area contributed by atoms with Crippen molar-refractivity contribution in [3.05, 3.63) is 65.2 Å². The van der Waals surface area contributed by atoms with Gasteiger partial charge in [0, 0.05) is 30.2 Å². The summed E-state index contributed by atoms with van der Waals surface area (Å²) in [6, 6.07) is 13.8. The first-order valence-electron chi connectivity index (χ1n) is 12.4. The number of piperidine rings is 1. The van der Waals surface area contributed by atoms with Crippen LogP contribution in [0.2, 0.25) is 0 Å². The van der Waals surface area contributed by atoms with Crippen molar-refractivity contribution < 1.29 is 19.4 Å². The highest BCUT2D eigenvalue weighted by Gasteiger charge is 2.50. The van der Waals surface area contributed by atoms with Crippen LogP contribution in [0.5, 0.6) is 11.5 Å². The molecular formula is C29H37NO4. The van der Waals surface area contributed by atoms with Gasteiger partial charge in [-0.2, -0.15) is 0 Å². The van der Waals surface area contributed by atoms with Crippen molar-refractivity contribution in [2.45, 2.75) is 63.5 Å².